The third kappa shape index (κ3) is 4.41. The summed E-state index contributed by atoms with van der Waals surface area (Å²) in [5.41, 5.74) is 1.79. The summed E-state index contributed by atoms with van der Waals surface area (Å²) in [6.07, 6.45) is -0.262. The molecule has 1 heterocycles. The number of aryl methyl sites for hydroxylation is 1. The number of nitro benzene ring substituents is 1. The van der Waals surface area contributed by atoms with Gasteiger partial charge in [-0.15, -0.1) is 11.3 Å². The topological polar surface area (TPSA) is 119 Å². The van der Waals surface area contributed by atoms with Crippen LogP contribution in [0.3, 0.4) is 0 Å². The van der Waals surface area contributed by atoms with Crippen molar-refractivity contribution >= 4 is 33.0 Å². The maximum Gasteiger partial charge on any atom is 0.289 e. The largest absolute Gasteiger partial charge is 0.289 e. The Bertz CT molecular complexity index is 1160. The highest BCUT2D eigenvalue weighted by Gasteiger charge is 2.27. The highest BCUT2D eigenvalue weighted by atomic mass is 32.2. The molecular formula is C18H15N3O5S2. The second-order valence-electron chi connectivity index (χ2n) is 5.94. The lowest BCUT2D eigenvalue weighted by Crippen LogP contribution is -2.32. The number of aromatic nitrogens is 1. The lowest BCUT2D eigenvalue weighted by atomic mass is 10.1. The number of carbonyl (C=O) groups is 1. The van der Waals surface area contributed by atoms with Crippen LogP contribution in [0, 0.1) is 17.0 Å². The molecule has 0 fully saturated rings. The first-order valence-electron chi connectivity index (χ1n) is 8.07. The van der Waals surface area contributed by atoms with E-state index in [4.69, 9.17) is 0 Å². The Morgan fingerprint density at radius 1 is 1.21 bits per heavy atom. The normalized spacial score (nSPS) is 11.2. The minimum Gasteiger partial charge on any atom is -0.274 e. The minimum atomic E-state index is -4.37. The number of carbonyl (C=O) groups excluding carboxylic acids is 1. The van der Waals surface area contributed by atoms with E-state index in [1.165, 1.54) is 23.5 Å². The van der Waals surface area contributed by atoms with E-state index in [-0.39, 0.29) is 6.42 Å². The fourth-order valence-corrected chi connectivity index (χ4v) is 4.51. The molecule has 8 nitrogen and oxygen atoms in total. The third-order valence-electron chi connectivity index (χ3n) is 3.76. The number of nitrogens with one attached hydrogen (secondary N) is 1. The Kier molecular flexibility index (Phi) is 5.52. The molecule has 0 unspecified atom stereocenters. The van der Waals surface area contributed by atoms with Crippen LogP contribution in [0.25, 0.3) is 10.6 Å². The summed E-state index contributed by atoms with van der Waals surface area (Å²) < 4.78 is 26.6. The fourth-order valence-electron chi connectivity index (χ4n) is 2.54. The van der Waals surface area contributed by atoms with Crippen molar-refractivity contribution in [1.82, 2.24) is 9.71 Å². The molecule has 0 aliphatic heterocycles. The predicted octanol–water partition coefficient (Wildman–Crippen LogP) is 3.07. The van der Waals surface area contributed by atoms with Gasteiger partial charge < -0.3 is 0 Å². The molecule has 3 rings (SSSR count). The monoisotopic (exact) mass is 417 g/mol. The van der Waals surface area contributed by atoms with Crippen LogP contribution in [0.15, 0.2) is 58.8 Å². The highest BCUT2D eigenvalue weighted by molar-refractivity contribution is 7.90. The summed E-state index contributed by atoms with van der Waals surface area (Å²) in [7, 11) is -4.37. The second-order valence-corrected chi connectivity index (χ2v) is 8.45. The van der Waals surface area contributed by atoms with Gasteiger partial charge in [-0.2, -0.15) is 0 Å². The van der Waals surface area contributed by atoms with Gasteiger partial charge in [0.2, 0.25) is 5.91 Å². The van der Waals surface area contributed by atoms with Crippen LogP contribution in [-0.2, 0) is 21.2 Å². The van der Waals surface area contributed by atoms with Gasteiger partial charge in [0, 0.05) is 17.0 Å². The molecule has 1 amide bonds. The van der Waals surface area contributed by atoms with Gasteiger partial charge in [-0.05, 0) is 19.1 Å². The van der Waals surface area contributed by atoms with E-state index in [0.29, 0.717) is 10.7 Å². The lowest BCUT2D eigenvalue weighted by molar-refractivity contribution is -0.387. The van der Waals surface area contributed by atoms with Crippen molar-refractivity contribution in [3.8, 4) is 10.6 Å². The molecule has 3 aromatic rings. The molecule has 0 atom stereocenters. The number of para-hydroxylation sites is 1. The third-order valence-corrected chi connectivity index (χ3v) is 6.12. The van der Waals surface area contributed by atoms with Crippen LogP contribution in [0.4, 0.5) is 5.69 Å². The number of sulfonamides is 1. The molecule has 2 aromatic carbocycles. The average Bonchev–Trinajstić information content (AvgIpc) is 3.09. The minimum absolute atomic E-state index is 0.262. The molecule has 0 spiro atoms. The number of nitro groups is 1. The molecule has 0 bridgehead atoms. The number of hydrogen-bond acceptors (Lipinski definition) is 7. The van der Waals surface area contributed by atoms with E-state index in [1.54, 1.807) is 5.38 Å². The number of rotatable bonds is 6. The standard InChI is InChI=1S/C18H15N3O5S2/c1-12-5-4-6-13(9-12)18-19-14(11-27-18)10-17(22)20-28(25,26)16-8-3-2-7-15(16)21(23)24/h2-9,11H,10H2,1H3,(H,20,22). The van der Waals surface area contributed by atoms with Gasteiger partial charge in [0.1, 0.15) is 5.01 Å². The summed E-state index contributed by atoms with van der Waals surface area (Å²) in [5.74, 6) is -0.820. The van der Waals surface area contributed by atoms with Crippen LogP contribution >= 0.6 is 11.3 Å². The Morgan fingerprint density at radius 2 is 1.96 bits per heavy atom. The summed E-state index contributed by atoms with van der Waals surface area (Å²) >= 11 is 1.34. The molecule has 0 saturated heterocycles. The highest BCUT2D eigenvalue weighted by Crippen LogP contribution is 2.25. The zero-order chi connectivity index (χ0) is 20.3. The van der Waals surface area contributed by atoms with Gasteiger partial charge in [-0.3, -0.25) is 14.9 Å². The van der Waals surface area contributed by atoms with Crippen molar-refractivity contribution in [2.75, 3.05) is 0 Å². The van der Waals surface area contributed by atoms with Gasteiger partial charge in [-0.25, -0.2) is 18.1 Å². The van der Waals surface area contributed by atoms with Crippen LogP contribution in [0.2, 0.25) is 0 Å². The van der Waals surface area contributed by atoms with Crippen molar-refractivity contribution in [1.29, 1.82) is 0 Å². The van der Waals surface area contributed by atoms with Crippen LogP contribution in [0.1, 0.15) is 11.3 Å². The first-order chi connectivity index (χ1) is 13.3. The Labute approximate surface area is 165 Å². The Hall–Kier alpha value is -3.11. The predicted molar refractivity (Wildman–Crippen MR) is 104 cm³/mol. The van der Waals surface area contributed by atoms with Gasteiger partial charge in [-0.1, -0.05) is 35.9 Å². The van der Waals surface area contributed by atoms with E-state index in [1.807, 2.05) is 35.9 Å². The van der Waals surface area contributed by atoms with Crippen LogP contribution in [0.5, 0.6) is 0 Å². The van der Waals surface area contributed by atoms with E-state index in [9.17, 15) is 23.3 Å². The van der Waals surface area contributed by atoms with Crippen LogP contribution < -0.4 is 4.72 Å². The van der Waals surface area contributed by atoms with Crippen molar-refractivity contribution in [2.45, 2.75) is 18.2 Å². The molecule has 1 aromatic heterocycles. The van der Waals surface area contributed by atoms with E-state index >= 15 is 0 Å². The number of benzene rings is 2. The maximum atomic E-state index is 12.4. The molecule has 10 heteroatoms. The Balaban J connectivity index is 1.75. The average molecular weight is 417 g/mol. The van der Waals surface area contributed by atoms with Crippen molar-refractivity contribution in [3.05, 3.63) is 75.3 Å². The summed E-state index contributed by atoms with van der Waals surface area (Å²) in [6.45, 7) is 1.96. The molecule has 1 N–H and O–H groups in total. The smallest absolute Gasteiger partial charge is 0.274 e. The Morgan fingerprint density at radius 3 is 2.68 bits per heavy atom. The summed E-state index contributed by atoms with van der Waals surface area (Å²) in [6, 6.07) is 12.6. The zero-order valence-electron chi connectivity index (χ0n) is 14.7. The maximum absolute atomic E-state index is 12.4. The van der Waals surface area contributed by atoms with E-state index in [2.05, 4.69) is 4.98 Å². The number of hydrogen-bond donors (Lipinski definition) is 1. The first kappa shape index (κ1) is 19.6. The number of thiazole rings is 1. The van der Waals surface area contributed by atoms with Crippen molar-refractivity contribution in [2.24, 2.45) is 0 Å². The molecule has 144 valence electrons. The van der Waals surface area contributed by atoms with Crippen molar-refractivity contribution in [3.63, 3.8) is 0 Å². The molecule has 0 radical (unpaired) electrons. The summed E-state index contributed by atoms with van der Waals surface area (Å²) in [4.78, 5) is 26.2. The number of amides is 1. The van der Waals surface area contributed by atoms with Gasteiger partial charge in [0.05, 0.1) is 17.0 Å². The van der Waals surface area contributed by atoms with E-state index < -0.39 is 31.4 Å². The zero-order valence-corrected chi connectivity index (χ0v) is 16.3. The summed E-state index contributed by atoms with van der Waals surface area (Å²) in [5, 5.41) is 13.4. The van der Waals surface area contributed by atoms with Gasteiger partial charge in [0.15, 0.2) is 4.90 Å². The van der Waals surface area contributed by atoms with E-state index in [0.717, 1.165) is 23.3 Å². The lowest BCUT2D eigenvalue weighted by Gasteiger charge is -2.06. The SMILES string of the molecule is Cc1cccc(-c2nc(CC(=O)NS(=O)(=O)c3ccccc3[N+](=O)[O-])cs2)c1. The molecular weight excluding hydrogens is 402 g/mol. The fraction of sp³-hybridized carbons (Fsp3) is 0.111. The molecule has 0 saturated carbocycles. The van der Waals surface area contributed by atoms with Gasteiger partial charge in [0.25, 0.3) is 15.7 Å². The van der Waals surface area contributed by atoms with Crippen LogP contribution in [-0.4, -0.2) is 24.2 Å². The van der Waals surface area contributed by atoms with Crippen molar-refractivity contribution < 1.29 is 18.1 Å². The first-order valence-corrected chi connectivity index (χ1v) is 10.4. The molecule has 28 heavy (non-hydrogen) atoms. The quantitative estimate of drug-likeness (QED) is 0.486. The van der Waals surface area contributed by atoms with Gasteiger partial charge >= 0.3 is 0 Å². The molecule has 0 aliphatic carbocycles. The second kappa shape index (κ2) is 7.87. The number of nitrogens with zero attached hydrogens (tertiary/aromatic N) is 2. The molecule has 0 aliphatic rings.